The Morgan fingerprint density at radius 1 is 1.05 bits per heavy atom. The van der Waals surface area contributed by atoms with Gasteiger partial charge in [-0.3, -0.25) is 4.79 Å². The van der Waals surface area contributed by atoms with E-state index in [1.165, 1.54) is 0 Å². The van der Waals surface area contributed by atoms with Crippen LogP contribution in [0.1, 0.15) is 18.4 Å². The molecule has 0 unspecified atom stereocenters. The lowest BCUT2D eigenvalue weighted by molar-refractivity contribution is -0.137. The van der Waals surface area contributed by atoms with Crippen molar-refractivity contribution in [2.45, 2.75) is 19.3 Å². The van der Waals surface area contributed by atoms with Crippen LogP contribution in [-0.4, -0.2) is 11.1 Å². The zero-order valence-corrected chi connectivity index (χ0v) is 12.8. The Kier molecular flexibility index (Phi) is 5.48. The second-order valence-electron chi connectivity index (χ2n) is 4.63. The van der Waals surface area contributed by atoms with Crippen molar-refractivity contribution in [3.63, 3.8) is 0 Å². The Morgan fingerprint density at radius 3 is 2.38 bits per heavy atom. The largest absolute Gasteiger partial charge is 0.481 e. The highest BCUT2D eigenvalue weighted by Gasteiger charge is 2.08. The van der Waals surface area contributed by atoms with E-state index in [4.69, 9.17) is 28.3 Å². The van der Waals surface area contributed by atoms with Crippen LogP contribution in [0, 0.1) is 0 Å². The average molecular weight is 324 g/mol. The summed E-state index contributed by atoms with van der Waals surface area (Å²) >= 11 is 12.3. The minimum absolute atomic E-state index is 0.154. The molecule has 0 heterocycles. The second-order valence-corrected chi connectivity index (χ2v) is 5.44. The van der Waals surface area contributed by atoms with Crippen LogP contribution in [0.3, 0.4) is 0 Å². The molecule has 0 aliphatic heterocycles. The van der Waals surface area contributed by atoms with Crippen molar-refractivity contribution in [2.75, 3.05) is 5.32 Å². The highest BCUT2D eigenvalue weighted by atomic mass is 35.5. The number of carboxylic acids is 1. The summed E-state index contributed by atoms with van der Waals surface area (Å²) in [6.45, 7) is 0. The van der Waals surface area contributed by atoms with Crippen LogP contribution in [0.5, 0.6) is 0 Å². The van der Waals surface area contributed by atoms with E-state index in [2.05, 4.69) is 5.32 Å². The Hall–Kier alpha value is -1.71. The quantitative estimate of drug-likeness (QED) is 0.773. The summed E-state index contributed by atoms with van der Waals surface area (Å²) in [6, 6.07) is 13.0. The highest BCUT2D eigenvalue weighted by Crippen LogP contribution is 2.33. The third-order valence-corrected chi connectivity index (χ3v) is 3.71. The molecule has 5 heteroatoms. The second kappa shape index (κ2) is 7.34. The lowest BCUT2D eigenvalue weighted by Gasteiger charge is -2.14. The number of aliphatic carboxylic acids is 1. The van der Waals surface area contributed by atoms with Crippen LogP contribution < -0.4 is 5.32 Å². The zero-order valence-electron chi connectivity index (χ0n) is 11.3. The van der Waals surface area contributed by atoms with Gasteiger partial charge in [-0.2, -0.15) is 0 Å². The van der Waals surface area contributed by atoms with Crippen molar-refractivity contribution in [1.29, 1.82) is 0 Å². The number of benzene rings is 2. The Balaban J connectivity index is 2.18. The first-order chi connectivity index (χ1) is 10.1. The maximum atomic E-state index is 10.6. The minimum Gasteiger partial charge on any atom is -0.481 e. The minimum atomic E-state index is -0.783. The molecule has 0 aromatic heterocycles. The standard InChI is InChI=1S/C16H15Cl2NO2/c17-12-7-4-8-13(18)16(12)19-14-9-2-1-5-11(14)6-3-10-15(20)21/h1-2,4-5,7-9,19H,3,6,10H2,(H,20,21). The fourth-order valence-corrected chi connectivity index (χ4v) is 2.53. The summed E-state index contributed by atoms with van der Waals surface area (Å²) in [7, 11) is 0. The van der Waals surface area contributed by atoms with E-state index in [1.807, 2.05) is 24.3 Å². The molecule has 0 bridgehead atoms. The van der Waals surface area contributed by atoms with Gasteiger partial charge in [0.1, 0.15) is 0 Å². The molecule has 2 aromatic rings. The van der Waals surface area contributed by atoms with Gasteiger partial charge in [0.05, 0.1) is 15.7 Å². The first-order valence-corrected chi connectivity index (χ1v) is 7.34. The molecule has 21 heavy (non-hydrogen) atoms. The van der Waals surface area contributed by atoms with Crippen LogP contribution in [0.25, 0.3) is 0 Å². The van der Waals surface area contributed by atoms with E-state index in [0.29, 0.717) is 28.6 Å². The molecule has 0 atom stereocenters. The average Bonchev–Trinajstić information content (AvgIpc) is 2.44. The Bertz CT molecular complexity index is 624. The summed E-state index contributed by atoms with van der Waals surface area (Å²) in [5, 5.41) is 13.0. The van der Waals surface area contributed by atoms with Gasteiger partial charge in [0.25, 0.3) is 0 Å². The molecule has 110 valence electrons. The predicted octanol–water partition coefficient (Wildman–Crippen LogP) is 5.14. The fourth-order valence-electron chi connectivity index (χ4n) is 2.04. The maximum absolute atomic E-state index is 10.6. The van der Waals surface area contributed by atoms with E-state index < -0.39 is 5.97 Å². The van der Waals surface area contributed by atoms with E-state index in [9.17, 15) is 4.79 Å². The normalized spacial score (nSPS) is 10.4. The topological polar surface area (TPSA) is 49.3 Å². The van der Waals surface area contributed by atoms with Gasteiger partial charge in [0.2, 0.25) is 0 Å². The number of carbonyl (C=O) groups is 1. The lowest BCUT2D eigenvalue weighted by atomic mass is 10.1. The first kappa shape index (κ1) is 15.7. The van der Waals surface area contributed by atoms with Gasteiger partial charge in [-0.1, -0.05) is 47.5 Å². The van der Waals surface area contributed by atoms with Crippen LogP contribution in [-0.2, 0) is 11.2 Å². The van der Waals surface area contributed by atoms with Crippen molar-refractivity contribution < 1.29 is 9.90 Å². The summed E-state index contributed by atoms with van der Waals surface area (Å²) in [6.07, 6.45) is 1.42. The molecule has 2 rings (SSSR count). The van der Waals surface area contributed by atoms with Gasteiger partial charge >= 0.3 is 5.97 Å². The monoisotopic (exact) mass is 323 g/mol. The lowest BCUT2D eigenvalue weighted by Crippen LogP contribution is -2.00. The van der Waals surface area contributed by atoms with Crippen LogP contribution in [0.4, 0.5) is 11.4 Å². The zero-order chi connectivity index (χ0) is 15.2. The summed E-state index contributed by atoms with van der Waals surface area (Å²) in [5.74, 6) is -0.783. The number of anilines is 2. The number of rotatable bonds is 6. The van der Waals surface area contributed by atoms with Gasteiger partial charge in [-0.05, 0) is 36.6 Å². The van der Waals surface area contributed by atoms with Crippen molar-refractivity contribution >= 4 is 40.5 Å². The van der Waals surface area contributed by atoms with E-state index in [1.54, 1.807) is 18.2 Å². The third-order valence-electron chi connectivity index (χ3n) is 3.08. The van der Waals surface area contributed by atoms with E-state index in [-0.39, 0.29) is 6.42 Å². The third kappa shape index (κ3) is 4.38. The first-order valence-electron chi connectivity index (χ1n) is 6.58. The number of halogens is 2. The molecular formula is C16H15Cl2NO2. The molecule has 0 amide bonds. The molecule has 0 radical (unpaired) electrons. The van der Waals surface area contributed by atoms with Gasteiger partial charge in [0, 0.05) is 12.1 Å². The van der Waals surface area contributed by atoms with Gasteiger partial charge in [-0.25, -0.2) is 0 Å². The summed E-state index contributed by atoms with van der Waals surface area (Å²) < 4.78 is 0. The Labute approximate surface area is 133 Å². The van der Waals surface area contributed by atoms with Crippen molar-refractivity contribution in [1.82, 2.24) is 0 Å². The van der Waals surface area contributed by atoms with Crippen LogP contribution >= 0.6 is 23.2 Å². The Morgan fingerprint density at radius 2 is 1.71 bits per heavy atom. The fraction of sp³-hybridized carbons (Fsp3) is 0.188. The number of nitrogens with one attached hydrogen (secondary N) is 1. The van der Waals surface area contributed by atoms with Gasteiger partial charge in [0.15, 0.2) is 0 Å². The van der Waals surface area contributed by atoms with E-state index in [0.717, 1.165) is 11.3 Å². The SMILES string of the molecule is O=C(O)CCCc1ccccc1Nc1c(Cl)cccc1Cl. The molecule has 2 N–H and O–H groups in total. The smallest absolute Gasteiger partial charge is 0.303 e. The molecule has 0 saturated carbocycles. The molecule has 3 nitrogen and oxygen atoms in total. The maximum Gasteiger partial charge on any atom is 0.303 e. The van der Waals surface area contributed by atoms with E-state index >= 15 is 0 Å². The van der Waals surface area contributed by atoms with Gasteiger partial charge < -0.3 is 10.4 Å². The highest BCUT2D eigenvalue weighted by molar-refractivity contribution is 6.39. The van der Waals surface area contributed by atoms with Crippen molar-refractivity contribution in [2.24, 2.45) is 0 Å². The molecule has 0 spiro atoms. The molecule has 0 fully saturated rings. The molecule has 0 aliphatic rings. The van der Waals surface area contributed by atoms with Gasteiger partial charge in [-0.15, -0.1) is 0 Å². The molecule has 2 aromatic carbocycles. The summed E-state index contributed by atoms with van der Waals surface area (Å²) in [5.41, 5.74) is 2.58. The number of para-hydroxylation sites is 2. The number of hydrogen-bond acceptors (Lipinski definition) is 2. The number of aryl methyl sites for hydroxylation is 1. The van der Waals surface area contributed by atoms with Crippen LogP contribution in [0.15, 0.2) is 42.5 Å². The predicted molar refractivity (Wildman–Crippen MR) is 86.8 cm³/mol. The van der Waals surface area contributed by atoms with Crippen molar-refractivity contribution in [3.8, 4) is 0 Å². The summed E-state index contributed by atoms with van der Waals surface area (Å²) in [4.78, 5) is 10.6. The van der Waals surface area contributed by atoms with Crippen LogP contribution in [0.2, 0.25) is 10.0 Å². The molecule has 0 aliphatic carbocycles. The molecule has 0 saturated heterocycles. The molecular weight excluding hydrogens is 309 g/mol. The van der Waals surface area contributed by atoms with Crippen molar-refractivity contribution in [3.05, 3.63) is 58.1 Å². The number of hydrogen-bond donors (Lipinski definition) is 2. The number of carboxylic acid groups (broad SMARTS) is 1.